The van der Waals surface area contributed by atoms with Crippen molar-refractivity contribution in [2.45, 2.75) is 46.6 Å². The van der Waals surface area contributed by atoms with Crippen LogP contribution in [-0.4, -0.2) is 54.7 Å². The van der Waals surface area contributed by atoms with Crippen LogP contribution in [0, 0.1) is 6.92 Å². The highest BCUT2D eigenvalue weighted by Gasteiger charge is 2.48. The van der Waals surface area contributed by atoms with Gasteiger partial charge in [-0.1, -0.05) is 31.3 Å². The van der Waals surface area contributed by atoms with Crippen molar-refractivity contribution in [1.82, 2.24) is 4.98 Å². The molecule has 1 N–H and O–H groups in total. The maximum absolute atomic E-state index is 13.6. The lowest BCUT2D eigenvalue weighted by atomic mass is 9.95. The van der Waals surface area contributed by atoms with Crippen molar-refractivity contribution >= 4 is 39.9 Å². The molecule has 42 heavy (non-hydrogen) atoms. The number of ketones is 1. The zero-order chi connectivity index (χ0) is 30.4. The van der Waals surface area contributed by atoms with Gasteiger partial charge in [0.2, 0.25) is 0 Å². The van der Waals surface area contributed by atoms with Crippen molar-refractivity contribution in [2.75, 3.05) is 31.8 Å². The molecule has 0 spiro atoms. The molecule has 222 valence electrons. The zero-order valence-electron chi connectivity index (χ0n) is 24.3. The van der Waals surface area contributed by atoms with Crippen LogP contribution in [0.4, 0.5) is 5.13 Å². The minimum Gasteiger partial charge on any atom is -0.507 e. The highest BCUT2D eigenvalue weighted by molar-refractivity contribution is 7.17. The average molecular weight is 595 g/mol. The van der Waals surface area contributed by atoms with Crippen LogP contribution in [0.1, 0.15) is 66.1 Å². The Balaban J connectivity index is 1.89. The predicted molar refractivity (Wildman–Crippen MR) is 159 cm³/mol. The molecule has 1 saturated heterocycles. The lowest BCUT2D eigenvalue weighted by Crippen LogP contribution is -2.29. The summed E-state index contributed by atoms with van der Waals surface area (Å²) in [6.45, 7) is 8.81. The Bertz CT molecular complexity index is 1500. The van der Waals surface area contributed by atoms with E-state index in [4.69, 9.17) is 18.9 Å². The van der Waals surface area contributed by atoms with Crippen molar-refractivity contribution in [2.24, 2.45) is 0 Å². The number of carbonyl (C=O) groups excluding carboxylic acids is 3. The van der Waals surface area contributed by atoms with E-state index < -0.39 is 23.7 Å². The number of thiazole rings is 1. The lowest BCUT2D eigenvalue weighted by molar-refractivity contribution is -0.132. The predicted octanol–water partition coefficient (Wildman–Crippen LogP) is 5.84. The number of aliphatic hydroxyl groups excluding tert-OH is 1. The first-order valence-corrected chi connectivity index (χ1v) is 14.6. The van der Waals surface area contributed by atoms with Gasteiger partial charge in [-0.15, -0.1) is 0 Å². The molecular formula is C31H34N2O8S. The van der Waals surface area contributed by atoms with Crippen molar-refractivity contribution < 1.29 is 38.4 Å². The number of benzene rings is 2. The molecule has 4 rings (SSSR count). The second-order valence-electron chi connectivity index (χ2n) is 9.43. The number of hydrogen-bond acceptors (Lipinski definition) is 10. The standard InChI is InChI=1S/C31H34N2O8S/c1-6-15-40-21-12-9-19(10-13-21)26(34)24-25(20-11-14-22(41-16-7-2)23(17-20)39-8-3)33(29(36)27(24)35)31-32-18(4)28(42-31)30(37)38-5/h9-14,17,25,34H,6-8,15-16H2,1-5H3. The number of Topliss-reactive ketones (excluding diaryl/α,β-unsaturated/α-hetero) is 1. The Morgan fingerprint density at radius 3 is 2.31 bits per heavy atom. The van der Waals surface area contributed by atoms with E-state index in [0.717, 1.165) is 24.2 Å². The van der Waals surface area contributed by atoms with E-state index in [1.165, 1.54) is 12.0 Å². The van der Waals surface area contributed by atoms with E-state index in [1.807, 2.05) is 20.8 Å². The molecule has 1 fully saturated rings. The Morgan fingerprint density at radius 1 is 0.976 bits per heavy atom. The first-order valence-electron chi connectivity index (χ1n) is 13.7. The summed E-state index contributed by atoms with van der Waals surface area (Å²) in [5.41, 5.74) is 1.04. The second kappa shape index (κ2) is 13.5. The number of anilines is 1. The molecule has 0 bridgehead atoms. The van der Waals surface area contributed by atoms with Gasteiger partial charge in [-0.3, -0.25) is 14.5 Å². The maximum Gasteiger partial charge on any atom is 0.350 e. The molecule has 1 amide bonds. The molecule has 2 aromatic carbocycles. The minimum absolute atomic E-state index is 0.117. The summed E-state index contributed by atoms with van der Waals surface area (Å²) >= 11 is 0.932. The number of aromatic nitrogens is 1. The second-order valence-corrected chi connectivity index (χ2v) is 10.4. The molecule has 0 saturated carbocycles. The molecule has 0 aliphatic carbocycles. The number of methoxy groups -OCH3 is 1. The third kappa shape index (κ3) is 6.11. The Hall–Kier alpha value is -4.38. The van der Waals surface area contributed by atoms with Crippen molar-refractivity contribution in [3.63, 3.8) is 0 Å². The number of ether oxygens (including phenoxy) is 4. The zero-order valence-corrected chi connectivity index (χ0v) is 25.1. The largest absolute Gasteiger partial charge is 0.507 e. The van der Waals surface area contributed by atoms with Crippen molar-refractivity contribution in [1.29, 1.82) is 0 Å². The number of carbonyl (C=O) groups is 3. The highest BCUT2D eigenvalue weighted by Crippen LogP contribution is 2.45. The van der Waals surface area contributed by atoms with Crippen LogP contribution in [0.15, 0.2) is 48.0 Å². The van der Waals surface area contributed by atoms with Crippen LogP contribution in [-0.2, 0) is 14.3 Å². The Kier molecular flexibility index (Phi) is 9.84. The van der Waals surface area contributed by atoms with Gasteiger partial charge in [0.25, 0.3) is 5.78 Å². The SMILES string of the molecule is CCCOc1ccc(C(O)=C2C(=O)C(=O)N(c3nc(C)c(C(=O)OC)s3)C2c2ccc(OCCC)c(OCC)c2)cc1. The molecule has 1 aromatic heterocycles. The maximum atomic E-state index is 13.6. The molecule has 10 nitrogen and oxygen atoms in total. The van der Waals surface area contributed by atoms with Gasteiger partial charge in [0.1, 0.15) is 16.4 Å². The van der Waals surface area contributed by atoms with E-state index in [0.29, 0.717) is 53.9 Å². The number of nitrogens with zero attached hydrogens (tertiary/aromatic N) is 2. The third-order valence-corrected chi connectivity index (χ3v) is 7.59. The van der Waals surface area contributed by atoms with Gasteiger partial charge >= 0.3 is 11.9 Å². The summed E-state index contributed by atoms with van der Waals surface area (Å²) in [6, 6.07) is 10.7. The Morgan fingerprint density at radius 2 is 1.67 bits per heavy atom. The first kappa shape index (κ1) is 30.6. The molecule has 1 aliphatic heterocycles. The van der Waals surface area contributed by atoms with Gasteiger partial charge in [-0.25, -0.2) is 9.78 Å². The quantitative estimate of drug-likeness (QED) is 0.119. The van der Waals surface area contributed by atoms with Crippen molar-refractivity contribution in [3.05, 3.63) is 69.7 Å². The van der Waals surface area contributed by atoms with Gasteiger partial charge < -0.3 is 24.1 Å². The van der Waals surface area contributed by atoms with Gasteiger partial charge in [0.15, 0.2) is 16.6 Å². The fourth-order valence-corrected chi connectivity index (χ4v) is 5.50. The van der Waals surface area contributed by atoms with Crippen LogP contribution in [0.2, 0.25) is 0 Å². The van der Waals surface area contributed by atoms with Crippen LogP contribution >= 0.6 is 11.3 Å². The fraction of sp³-hybridized carbons (Fsp3) is 0.355. The van der Waals surface area contributed by atoms with E-state index in [-0.39, 0.29) is 21.3 Å². The van der Waals surface area contributed by atoms with Crippen LogP contribution in [0.25, 0.3) is 5.76 Å². The van der Waals surface area contributed by atoms with Crippen molar-refractivity contribution in [3.8, 4) is 17.2 Å². The van der Waals surface area contributed by atoms with Gasteiger partial charge in [0, 0.05) is 5.56 Å². The summed E-state index contributed by atoms with van der Waals surface area (Å²) in [5, 5.41) is 11.6. The molecule has 0 radical (unpaired) electrons. The molecule has 1 atom stereocenters. The summed E-state index contributed by atoms with van der Waals surface area (Å²) in [4.78, 5) is 45.4. The number of aryl methyl sites for hydroxylation is 1. The topological polar surface area (TPSA) is 124 Å². The first-order chi connectivity index (χ1) is 20.2. The van der Waals surface area contributed by atoms with Crippen LogP contribution in [0.5, 0.6) is 17.2 Å². The third-order valence-electron chi connectivity index (χ3n) is 6.45. The minimum atomic E-state index is -1.07. The number of esters is 1. The monoisotopic (exact) mass is 594 g/mol. The lowest BCUT2D eigenvalue weighted by Gasteiger charge is -2.24. The van der Waals surface area contributed by atoms with E-state index in [2.05, 4.69) is 4.98 Å². The molecule has 2 heterocycles. The summed E-state index contributed by atoms with van der Waals surface area (Å²) in [5.74, 6) is -1.18. The van der Waals surface area contributed by atoms with Crippen LogP contribution in [0.3, 0.4) is 0 Å². The molecular weight excluding hydrogens is 560 g/mol. The number of amides is 1. The van der Waals surface area contributed by atoms with Gasteiger partial charge in [0.05, 0.1) is 44.2 Å². The molecule has 11 heteroatoms. The summed E-state index contributed by atoms with van der Waals surface area (Å²) in [7, 11) is 1.25. The number of aliphatic hydroxyl groups is 1. The highest BCUT2D eigenvalue weighted by atomic mass is 32.1. The van der Waals surface area contributed by atoms with E-state index in [9.17, 15) is 19.5 Å². The molecule has 1 unspecified atom stereocenters. The molecule has 1 aliphatic rings. The van der Waals surface area contributed by atoms with Crippen LogP contribution < -0.4 is 19.1 Å². The molecule has 3 aromatic rings. The smallest absolute Gasteiger partial charge is 0.350 e. The number of hydrogen-bond donors (Lipinski definition) is 1. The normalized spacial score (nSPS) is 16.0. The Labute approximate surface area is 248 Å². The summed E-state index contributed by atoms with van der Waals surface area (Å²) in [6.07, 6.45) is 1.63. The van der Waals surface area contributed by atoms with Gasteiger partial charge in [-0.05, 0) is 68.7 Å². The van der Waals surface area contributed by atoms with E-state index in [1.54, 1.807) is 49.4 Å². The fourth-order valence-electron chi connectivity index (χ4n) is 4.49. The van der Waals surface area contributed by atoms with E-state index >= 15 is 0 Å². The summed E-state index contributed by atoms with van der Waals surface area (Å²) < 4.78 is 22.2. The van der Waals surface area contributed by atoms with Gasteiger partial charge in [-0.2, -0.15) is 0 Å². The number of rotatable bonds is 12. The average Bonchev–Trinajstić information content (AvgIpc) is 3.51.